The maximum Gasteiger partial charge on any atom is 0.243 e. The molecule has 0 saturated carbocycles. The van der Waals surface area contributed by atoms with E-state index in [0.29, 0.717) is 18.0 Å². The van der Waals surface area contributed by atoms with Gasteiger partial charge in [-0.15, -0.1) is 0 Å². The van der Waals surface area contributed by atoms with Gasteiger partial charge in [-0.2, -0.15) is 4.31 Å². The van der Waals surface area contributed by atoms with E-state index in [0.717, 1.165) is 31.7 Å². The fourth-order valence-corrected chi connectivity index (χ4v) is 7.25. The van der Waals surface area contributed by atoms with Crippen molar-refractivity contribution in [1.29, 1.82) is 0 Å². The molecule has 1 aliphatic heterocycles. The smallest absolute Gasteiger partial charge is 0.243 e. The van der Waals surface area contributed by atoms with Crippen molar-refractivity contribution in [2.75, 3.05) is 45.8 Å². The van der Waals surface area contributed by atoms with Gasteiger partial charge in [-0.1, -0.05) is 103 Å². The molecule has 1 aliphatic rings. The van der Waals surface area contributed by atoms with Crippen LogP contribution in [0.15, 0.2) is 120 Å². The largest absolute Gasteiger partial charge is 0.390 e. The minimum absolute atomic E-state index is 0.0225. The minimum atomic E-state index is -3.82. The molecule has 1 atom stereocenters. The van der Waals surface area contributed by atoms with Crippen molar-refractivity contribution < 1.29 is 13.5 Å². The van der Waals surface area contributed by atoms with Gasteiger partial charge in [0.2, 0.25) is 10.0 Å². The summed E-state index contributed by atoms with van der Waals surface area (Å²) in [6, 6.07) is 37.3. The van der Waals surface area contributed by atoms with Gasteiger partial charge in [0.25, 0.3) is 0 Å². The highest BCUT2D eigenvalue weighted by atomic mass is 35.5. The molecule has 42 heavy (non-hydrogen) atoms. The quantitative estimate of drug-likeness (QED) is 0.237. The molecule has 1 saturated heterocycles. The molecule has 0 amide bonds. The summed E-state index contributed by atoms with van der Waals surface area (Å²) in [6.07, 6.45) is -0.271. The van der Waals surface area contributed by atoms with E-state index in [1.807, 2.05) is 42.5 Å². The molecule has 5 rings (SSSR count). The van der Waals surface area contributed by atoms with Gasteiger partial charge < -0.3 is 5.11 Å². The number of benzene rings is 4. The number of rotatable bonds is 12. The second kappa shape index (κ2) is 14.4. The zero-order valence-corrected chi connectivity index (χ0v) is 25.2. The van der Waals surface area contributed by atoms with Crippen molar-refractivity contribution in [3.63, 3.8) is 0 Å². The summed E-state index contributed by atoms with van der Waals surface area (Å²) in [5, 5.41) is 11.6. The van der Waals surface area contributed by atoms with Gasteiger partial charge in [0, 0.05) is 50.8 Å². The fraction of sp³-hybridized carbons (Fsp3) is 0.294. The van der Waals surface area contributed by atoms with Crippen LogP contribution in [-0.4, -0.2) is 79.5 Å². The highest BCUT2D eigenvalue weighted by molar-refractivity contribution is 7.89. The van der Waals surface area contributed by atoms with Crippen LogP contribution in [0.4, 0.5) is 0 Å². The monoisotopic (exact) mass is 603 g/mol. The first-order chi connectivity index (χ1) is 20.4. The lowest BCUT2D eigenvalue weighted by Gasteiger charge is -2.40. The average molecular weight is 604 g/mol. The highest BCUT2D eigenvalue weighted by Crippen LogP contribution is 2.29. The molecule has 0 bridgehead atoms. The number of sulfonamides is 1. The molecule has 0 aromatic heterocycles. The Morgan fingerprint density at radius 1 is 0.738 bits per heavy atom. The van der Waals surface area contributed by atoms with Crippen LogP contribution in [0.2, 0.25) is 5.02 Å². The lowest BCUT2D eigenvalue weighted by molar-refractivity contribution is 0.0548. The van der Waals surface area contributed by atoms with Gasteiger partial charge in [0.05, 0.1) is 17.0 Å². The van der Waals surface area contributed by atoms with Crippen LogP contribution in [0.1, 0.15) is 22.7 Å². The molecule has 220 valence electrons. The summed E-state index contributed by atoms with van der Waals surface area (Å²) in [7, 11) is -3.82. The maximum absolute atomic E-state index is 13.6. The van der Waals surface area contributed by atoms with Gasteiger partial charge in [-0.05, 0) is 47.4 Å². The van der Waals surface area contributed by atoms with Crippen molar-refractivity contribution >= 4 is 21.6 Å². The number of halogens is 1. The molecule has 0 aliphatic carbocycles. The fourth-order valence-electron chi connectivity index (χ4n) is 5.64. The van der Waals surface area contributed by atoms with Crippen molar-refractivity contribution in [3.8, 4) is 0 Å². The third-order valence-corrected chi connectivity index (χ3v) is 9.96. The Labute approximate surface area is 254 Å². The Morgan fingerprint density at radius 3 is 1.81 bits per heavy atom. The molecule has 1 N–H and O–H groups in total. The zero-order chi connectivity index (χ0) is 29.4. The third-order valence-electron chi connectivity index (χ3n) is 7.83. The van der Waals surface area contributed by atoms with Crippen LogP contribution in [0.5, 0.6) is 0 Å². The first-order valence-electron chi connectivity index (χ1n) is 14.4. The van der Waals surface area contributed by atoms with Gasteiger partial charge in [0.1, 0.15) is 0 Å². The van der Waals surface area contributed by atoms with Crippen LogP contribution < -0.4 is 0 Å². The minimum Gasteiger partial charge on any atom is -0.390 e. The number of hydrogen-bond acceptors (Lipinski definition) is 5. The highest BCUT2D eigenvalue weighted by Gasteiger charge is 2.30. The Kier molecular flexibility index (Phi) is 10.4. The van der Waals surface area contributed by atoms with E-state index in [1.54, 1.807) is 12.1 Å². The number of aliphatic hydroxyl groups excluding tert-OH is 1. The van der Waals surface area contributed by atoms with Crippen LogP contribution in [0.3, 0.4) is 0 Å². The van der Waals surface area contributed by atoms with E-state index in [2.05, 4.69) is 58.3 Å². The van der Waals surface area contributed by atoms with Crippen molar-refractivity contribution in [2.24, 2.45) is 0 Å². The predicted octanol–water partition coefficient (Wildman–Crippen LogP) is 5.34. The number of nitrogens with zero attached hydrogens (tertiary/aromatic N) is 3. The molecule has 1 fully saturated rings. The number of aliphatic hydroxyl groups is 1. The van der Waals surface area contributed by atoms with E-state index in [9.17, 15) is 13.5 Å². The molecule has 0 unspecified atom stereocenters. The number of β-amino-alcohol motifs (C(OH)–C–C–N with tert-alkyl or cyclic N) is 1. The van der Waals surface area contributed by atoms with Crippen molar-refractivity contribution in [2.45, 2.75) is 23.5 Å². The van der Waals surface area contributed by atoms with Crippen LogP contribution >= 0.6 is 11.6 Å². The second-order valence-electron chi connectivity index (χ2n) is 10.8. The van der Waals surface area contributed by atoms with E-state index in [-0.39, 0.29) is 24.0 Å². The Hall–Kier alpha value is -3.04. The van der Waals surface area contributed by atoms with Crippen molar-refractivity contribution in [1.82, 2.24) is 14.1 Å². The van der Waals surface area contributed by atoms with Crippen LogP contribution in [0, 0.1) is 0 Å². The standard InChI is InChI=1S/C34H38ClN3O3S/c35-31-16-18-33(19-17-31)42(40,41)38(21-20-28-10-4-1-5-11-28)27-32(39)26-36-22-24-37(25-23-36)34(29-12-6-2-7-13-29)30-14-8-3-9-15-30/h1-19,32,34,39H,20-27H2/t32-/m1/s1. The van der Waals surface area contributed by atoms with E-state index >= 15 is 0 Å². The summed E-state index contributed by atoms with van der Waals surface area (Å²) < 4.78 is 28.7. The summed E-state index contributed by atoms with van der Waals surface area (Å²) in [5.74, 6) is 0. The first-order valence-corrected chi connectivity index (χ1v) is 16.3. The lowest BCUT2D eigenvalue weighted by atomic mass is 9.96. The molecule has 4 aromatic rings. The first kappa shape index (κ1) is 30.4. The normalized spacial score (nSPS) is 15.7. The molecular weight excluding hydrogens is 566 g/mol. The summed E-state index contributed by atoms with van der Waals surface area (Å²) in [6.45, 7) is 3.99. The van der Waals surface area contributed by atoms with Gasteiger partial charge >= 0.3 is 0 Å². The molecule has 4 aromatic carbocycles. The molecular formula is C34H38ClN3O3S. The van der Waals surface area contributed by atoms with Gasteiger partial charge in [0.15, 0.2) is 0 Å². The van der Waals surface area contributed by atoms with Crippen molar-refractivity contribution in [3.05, 3.63) is 137 Å². The number of hydrogen-bond donors (Lipinski definition) is 1. The summed E-state index contributed by atoms with van der Waals surface area (Å²) in [4.78, 5) is 4.90. The SMILES string of the molecule is O=S(=O)(c1ccc(Cl)cc1)N(CCc1ccccc1)C[C@H](O)CN1CCN(C(c2ccccc2)c2ccccc2)CC1. The van der Waals surface area contributed by atoms with E-state index in [1.165, 1.54) is 27.6 Å². The Morgan fingerprint density at radius 2 is 1.26 bits per heavy atom. The topological polar surface area (TPSA) is 64.1 Å². The zero-order valence-electron chi connectivity index (χ0n) is 23.7. The molecule has 1 heterocycles. The van der Waals surface area contributed by atoms with E-state index in [4.69, 9.17) is 11.6 Å². The van der Waals surface area contributed by atoms with Crippen LogP contribution in [-0.2, 0) is 16.4 Å². The van der Waals surface area contributed by atoms with Crippen LogP contribution in [0.25, 0.3) is 0 Å². The molecule has 0 radical (unpaired) electrons. The Balaban J connectivity index is 1.24. The summed E-state index contributed by atoms with van der Waals surface area (Å²) >= 11 is 6.02. The van der Waals surface area contributed by atoms with E-state index < -0.39 is 16.1 Å². The maximum atomic E-state index is 13.6. The summed E-state index contributed by atoms with van der Waals surface area (Å²) in [5.41, 5.74) is 3.57. The molecule has 0 spiro atoms. The second-order valence-corrected chi connectivity index (χ2v) is 13.1. The van der Waals surface area contributed by atoms with Gasteiger partial charge in [-0.3, -0.25) is 9.80 Å². The average Bonchev–Trinajstić information content (AvgIpc) is 3.02. The molecule has 6 nitrogen and oxygen atoms in total. The molecule has 8 heteroatoms. The Bertz CT molecular complexity index is 1440. The number of piperazine rings is 1. The predicted molar refractivity (Wildman–Crippen MR) is 169 cm³/mol. The third kappa shape index (κ3) is 7.86. The van der Waals surface area contributed by atoms with Gasteiger partial charge in [-0.25, -0.2) is 8.42 Å². The lowest BCUT2D eigenvalue weighted by Crippen LogP contribution is -2.51.